The molecule has 1 aromatic heterocycles. The maximum Gasteiger partial charge on any atom is 0.421 e. The number of cyclic esters (lactones) is 1. The molecule has 2 N–H and O–H groups in total. The second kappa shape index (κ2) is 21.9. The summed E-state index contributed by atoms with van der Waals surface area (Å²) in [7, 11) is 1.95. The monoisotopic (exact) mass is 1060 g/mol. The molecule has 2 saturated heterocycles. The molecule has 17 heteroatoms. The number of imide groups is 1. The van der Waals surface area contributed by atoms with Crippen molar-refractivity contribution in [1.29, 1.82) is 0 Å². The van der Waals surface area contributed by atoms with Crippen LogP contribution in [0.3, 0.4) is 0 Å². The molecule has 6 unspecified atom stereocenters. The predicted molar refractivity (Wildman–Crippen MR) is 292 cm³/mol. The lowest BCUT2D eigenvalue weighted by Gasteiger charge is -2.46. The molecule has 6 atom stereocenters. The summed E-state index contributed by atoms with van der Waals surface area (Å²) < 4.78 is 19.4. The highest BCUT2D eigenvalue weighted by Crippen LogP contribution is 2.66. The molecule has 4 heterocycles. The molecule has 390 valence electrons. The van der Waals surface area contributed by atoms with E-state index in [9.17, 15) is 15.2 Å². The minimum Gasteiger partial charge on any atom is -0.491 e. The van der Waals surface area contributed by atoms with Gasteiger partial charge >= 0.3 is 12.1 Å². The van der Waals surface area contributed by atoms with Crippen LogP contribution in [-0.2, 0) is 42.4 Å². The first-order valence-corrected chi connectivity index (χ1v) is 26.0. The van der Waals surface area contributed by atoms with E-state index in [2.05, 4.69) is 22.1 Å². The van der Waals surface area contributed by atoms with E-state index in [1.165, 1.54) is 35.6 Å². The number of thiazole rings is 1. The molecule has 16 nitrogen and oxygen atoms in total. The van der Waals surface area contributed by atoms with Crippen molar-refractivity contribution in [2.75, 3.05) is 37.0 Å². The van der Waals surface area contributed by atoms with Gasteiger partial charge in [-0.25, -0.2) is 14.7 Å². The SMILES string of the molecule is CN(CC#Cc1ccc2c(c1)C1(C(=O)N2C(=O)OCc2ccc([N+](=O)[O-])cc2)C(C(=O)Nc2nc3ccccc3s2)C2C(=O)OC(c3ccccc3)C(c3ccccc3)N2C1c1cccc(OCCO)c1)Cc1ccccc1. The molecule has 7 aromatic carbocycles. The number of carbonyl (C=O) groups is 4. The number of nitro groups is 1. The number of amides is 3. The molecule has 0 bridgehead atoms. The van der Waals surface area contributed by atoms with Gasteiger partial charge in [-0.05, 0) is 95.0 Å². The zero-order chi connectivity index (χ0) is 53.9. The number of para-hydroxylation sites is 1. The van der Waals surface area contributed by atoms with Gasteiger partial charge in [0.25, 0.3) is 5.69 Å². The molecule has 0 radical (unpaired) electrons. The zero-order valence-electron chi connectivity index (χ0n) is 42.0. The van der Waals surface area contributed by atoms with Gasteiger partial charge in [-0.1, -0.05) is 138 Å². The first-order valence-electron chi connectivity index (χ1n) is 25.2. The second-order valence-electron chi connectivity index (χ2n) is 19.2. The number of aromatic nitrogens is 1. The van der Waals surface area contributed by atoms with Crippen LogP contribution in [0.1, 0.15) is 57.1 Å². The number of hydrogen-bond acceptors (Lipinski definition) is 14. The van der Waals surface area contributed by atoms with Crippen LogP contribution in [0.25, 0.3) is 10.2 Å². The maximum atomic E-state index is 16.8. The van der Waals surface area contributed by atoms with Crippen molar-refractivity contribution in [3.8, 4) is 17.6 Å². The van der Waals surface area contributed by atoms with Crippen LogP contribution in [-0.4, -0.2) is 81.5 Å². The van der Waals surface area contributed by atoms with E-state index in [4.69, 9.17) is 19.2 Å². The number of esters is 1. The molecular formula is C61H50N6O10S. The lowest BCUT2D eigenvalue weighted by Crippen LogP contribution is -2.54. The van der Waals surface area contributed by atoms with Crippen molar-refractivity contribution in [3.63, 3.8) is 0 Å². The molecule has 2 fully saturated rings. The fourth-order valence-corrected chi connectivity index (χ4v) is 12.0. The highest BCUT2D eigenvalue weighted by Gasteiger charge is 2.76. The van der Waals surface area contributed by atoms with Crippen LogP contribution < -0.4 is 15.0 Å². The molecule has 3 amide bonds. The molecular weight excluding hydrogens is 1010 g/mol. The molecule has 11 rings (SSSR count). The third-order valence-electron chi connectivity index (χ3n) is 14.4. The van der Waals surface area contributed by atoms with E-state index in [0.29, 0.717) is 52.2 Å². The first kappa shape index (κ1) is 51.1. The first-order chi connectivity index (χ1) is 38.0. The molecule has 1 spiro atoms. The van der Waals surface area contributed by atoms with Gasteiger partial charge in [-0.2, -0.15) is 0 Å². The number of anilines is 2. The Labute approximate surface area is 452 Å². The van der Waals surface area contributed by atoms with Gasteiger partial charge in [0, 0.05) is 24.2 Å². The van der Waals surface area contributed by atoms with E-state index in [0.717, 1.165) is 15.2 Å². The highest BCUT2D eigenvalue weighted by atomic mass is 32.1. The minimum absolute atomic E-state index is 0.0629. The average molecular weight is 1060 g/mol. The third-order valence-corrected chi connectivity index (χ3v) is 15.3. The van der Waals surface area contributed by atoms with E-state index in [1.54, 1.807) is 42.5 Å². The van der Waals surface area contributed by atoms with Crippen molar-refractivity contribution in [1.82, 2.24) is 14.8 Å². The summed E-state index contributed by atoms with van der Waals surface area (Å²) in [6.45, 7) is 0.243. The predicted octanol–water partition coefficient (Wildman–Crippen LogP) is 9.70. The Kier molecular flexibility index (Phi) is 14.3. The number of carbonyl (C=O) groups excluding carboxylic acids is 4. The topological polar surface area (TPSA) is 194 Å². The summed E-state index contributed by atoms with van der Waals surface area (Å²) in [4.78, 5) is 84.2. The number of ether oxygens (including phenoxy) is 3. The summed E-state index contributed by atoms with van der Waals surface area (Å²) in [6, 6.07) is 49.8. The Bertz CT molecular complexity index is 3600. The number of nitrogens with zero attached hydrogens (tertiary/aromatic N) is 5. The summed E-state index contributed by atoms with van der Waals surface area (Å²) >= 11 is 1.22. The van der Waals surface area contributed by atoms with Gasteiger partial charge in [0.15, 0.2) is 5.13 Å². The van der Waals surface area contributed by atoms with Gasteiger partial charge in [0.2, 0.25) is 11.8 Å². The third kappa shape index (κ3) is 9.62. The number of hydrogen-bond donors (Lipinski definition) is 2. The summed E-state index contributed by atoms with van der Waals surface area (Å²) in [6.07, 6.45) is -2.09. The van der Waals surface area contributed by atoms with Crippen LogP contribution in [0, 0.1) is 27.9 Å². The largest absolute Gasteiger partial charge is 0.491 e. The quantitative estimate of drug-likeness (QED) is 0.0453. The van der Waals surface area contributed by atoms with Crippen LogP contribution in [0.15, 0.2) is 182 Å². The van der Waals surface area contributed by atoms with Crippen molar-refractivity contribution in [2.45, 2.75) is 42.8 Å². The standard InChI is InChI=1S/C61H50N6O10S/c1-64(37-40-15-5-2-6-16-40)32-14-17-39-28-31-49-47(35-39)61(58(71)65(49)60(72)76-38-41-26-29-45(30-27-41)67(73)74)51(56(69)63-59-62-48-24-11-12-25-50(48)78-59)53-57(70)77-54(43-20-9-4-10-21-43)52(42-18-7-3-8-19-42)66(53)55(61)44-22-13-23-46(36-44)75-34-33-68/h2-13,15-16,18-31,35-36,51-55,68H,32-34,37-38H2,1H3,(H,62,63,69). The smallest absolute Gasteiger partial charge is 0.421 e. The number of non-ortho nitro benzene ring substituents is 1. The van der Waals surface area contributed by atoms with E-state index in [-0.39, 0.29) is 41.9 Å². The molecule has 3 aliphatic heterocycles. The Morgan fingerprint density at radius 1 is 0.821 bits per heavy atom. The lowest BCUT2D eigenvalue weighted by molar-refractivity contribution is -0.384. The van der Waals surface area contributed by atoms with Crippen LogP contribution >= 0.6 is 11.3 Å². The van der Waals surface area contributed by atoms with Crippen LogP contribution in [0.2, 0.25) is 0 Å². The number of benzene rings is 7. The van der Waals surface area contributed by atoms with Gasteiger partial charge in [0.05, 0.1) is 52.0 Å². The number of nitro benzene ring substituents is 1. The molecule has 0 aliphatic carbocycles. The summed E-state index contributed by atoms with van der Waals surface area (Å²) in [5.74, 6) is 2.83. The molecule has 78 heavy (non-hydrogen) atoms. The lowest BCUT2D eigenvalue weighted by atomic mass is 9.65. The van der Waals surface area contributed by atoms with Crippen molar-refractivity contribution in [2.24, 2.45) is 5.92 Å². The van der Waals surface area contributed by atoms with Crippen molar-refractivity contribution < 1.29 is 43.4 Å². The van der Waals surface area contributed by atoms with Gasteiger partial charge < -0.3 is 24.6 Å². The normalized spacial score (nSPS) is 20.4. The Hall–Kier alpha value is -9.05. The summed E-state index contributed by atoms with van der Waals surface area (Å²) in [5.41, 5.74) is 2.32. The second-order valence-corrected chi connectivity index (χ2v) is 20.2. The number of morpholine rings is 1. The molecule has 0 saturated carbocycles. The Balaban J connectivity index is 1.14. The number of fused-ring (bicyclic) bond motifs is 4. The number of aliphatic hydroxyl groups is 1. The maximum absolute atomic E-state index is 16.8. The zero-order valence-corrected chi connectivity index (χ0v) is 42.8. The fourth-order valence-electron chi connectivity index (χ4n) is 11.2. The van der Waals surface area contributed by atoms with Crippen LogP contribution in [0.5, 0.6) is 5.75 Å². The fraction of sp³-hybridized carbons (Fsp3) is 0.197. The number of rotatable bonds is 14. The molecule has 3 aliphatic rings. The number of aliphatic hydroxyl groups excluding tert-OH is 1. The minimum atomic E-state index is -2.18. The van der Waals surface area contributed by atoms with Gasteiger partial charge in [0.1, 0.15) is 36.5 Å². The van der Waals surface area contributed by atoms with Crippen molar-refractivity contribution >= 4 is 61.9 Å². The van der Waals surface area contributed by atoms with Crippen molar-refractivity contribution in [3.05, 3.63) is 231 Å². The average Bonchev–Trinajstić information content (AvgIpc) is 4.14. The van der Waals surface area contributed by atoms with E-state index in [1.807, 2.05) is 127 Å². The van der Waals surface area contributed by atoms with E-state index >= 15 is 19.2 Å². The molecule has 8 aromatic rings. The van der Waals surface area contributed by atoms with E-state index < -0.39 is 64.4 Å². The van der Waals surface area contributed by atoms with Gasteiger partial charge in [-0.15, -0.1) is 0 Å². The summed E-state index contributed by atoms with van der Waals surface area (Å²) in [5, 5.41) is 24.7. The highest BCUT2D eigenvalue weighted by molar-refractivity contribution is 7.22. The van der Waals surface area contributed by atoms with Gasteiger partial charge in [-0.3, -0.25) is 34.3 Å². The Morgan fingerprint density at radius 3 is 2.23 bits per heavy atom. The Morgan fingerprint density at radius 2 is 1.51 bits per heavy atom. The number of nitrogens with one attached hydrogen (secondary N) is 1. The van der Waals surface area contributed by atoms with Crippen LogP contribution in [0.4, 0.5) is 21.3 Å².